The third-order valence-electron chi connectivity index (χ3n) is 4.21. The predicted octanol–water partition coefficient (Wildman–Crippen LogP) is 1.40. The molecule has 0 fully saturated rings. The summed E-state index contributed by atoms with van der Waals surface area (Å²) in [6.07, 6.45) is 0.868. The lowest BCUT2D eigenvalue weighted by Crippen LogP contribution is -2.37. The van der Waals surface area contributed by atoms with Crippen molar-refractivity contribution >= 4 is 38.7 Å². The van der Waals surface area contributed by atoms with Crippen LogP contribution in [0, 0.1) is 0 Å². The summed E-state index contributed by atoms with van der Waals surface area (Å²) < 4.78 is 4.10. The molecule has 9 heteroatoms. The third-order valence-corrected chi connectivity index (χ3v) is 4.82. The van der Waals surface area contributed by atoms with Gasteiger partial charge in [0.1, 0.15) is 6.54 Å². The molecule has 1 aromatic carbocycles. The second kappa shape index (κ2) is 6.91. The highest BCUT2D eigenvalue weighted by Crippen LogP contribution is 2.17. The maximum absolute atomic E-state index is 12.5. The molecule has 0 aliphatic rings. The third kappa shape index (κ3) is 3.10. The highest BCUT2D eigenvalue weighted by Gasteiger charge is 2.19. The maximum Gasteiger partial charge on any atom is 0.332 e. The van der Waals surface area contributed by atoms with Crippen molar-refractivity contribution in [1.82, 2.24) is 18.7 Å². The zero-order chi connectivity index (χ0) is 19.0. The van der Waals surface area contributed by atoms with Crippen molar-refractivity contribution in [1.29, 1.82) is 0 Å². The normalized spacial score (nSPS) is 11.1. The molecule has 0 radical (unpaired) electrons. The summed E-state index contributed by atoms with van der Waals surface area (Å²) in [5, 5.41) is 2.83. The molecule has 2 aromatic heterocycles. The van der Waals surface area contributed by atoms with E-state index in [9.17, 15) is 14.4 Å². The minimum atomic E-state index is -0.501. The number of imidazole rings is 1. The molecule has 1 N–H and O–H groups in total. The fourth-order valence-corrected chi connectivity index (χ4v) is 3.29. The first-order chi connectivity index (χ1) is 12.3. The van der Waals surface area contributed by atoms with E-state index in [1.54, 1.807) is 0 Å². The highest BCUT2D eigenvalue weighted by molar-refractivity contribution is 9.10. The molecule has 2 heterocycles. The van der Waals surface area contributed by atoms with Gasteiger partial charge in [-0.3, -0.25) is 23.3 Å². The topological polar surface area (TPSA) is 90.9 Å². The number of carbonyl (C=O) groups is 1. The molecule has 0 saturated heterocycles. The first kappa shape index (κ1) is 18.1. The van der Waals surface area contributed by atoms with E-state index in [0.29, 0.717) is 16.1 Å². The SMILES string of the molecule is CCc1cccc(NC(=O)Cn2c(Br)nc3c(=O)n(C)c(=O)n(C)c32)c1. The lowest BCUT2D eigenvalue weighted by molar-refractivity contribution is -0.116. The number of anilines is 1. The molecule has 8 nitrogen and oxygen atoms in total. The van der Waals surface area contributed by atoms with E-state index in [4.69, 9.17) is 0 Å². The lowest BCUT2D eigenvalue weighted by Gasteiger charge is -2.10. The second-order valence-electron chi connectivity index (χ2n) is 5.95. The number of hydrogen-bond donors (Lipinski definition) is 1. The zero-order valence-electron chi connectivity index (χ0n) is 14.6. The Hall–Kier alpha value is -2.68. The Morgan fingerprint density at radius 1 is 1.23 bits per heavy atom. The van der Waals surface area contributed by atoms with Crippen LogP contribution < -0.4 is 16.6 Å². The quantitative estimate of drug-likeness (QED) is 0.646. The van der Waals surface area contributed by atoms with Crippen molar-refractivity contribution in [2.45, 2.75) is 19.9 Å². The van der Waals surface area contributed by atoms with Gasteiger partial charge in [0.15, 0.2) is 15.9 Å². The summed E-state index contributed by atoms with van der Waals surface area (Å²) >= 11 is 3.27. The highest BCUT2D eigenvalue weighted by atomic mass is 79.9. The van der Waals surface area contributed by atoms with E-state index in [1.165, 1.54) is 23.2 Å². The molecule has 3 rings (SSSR count). The smallest absolute Gasteiger partial charge is 0.325 e. The number of halogens is 1. The molecule has 136 valence electrons. The summed E-state index contributed by atoms with van der Waals surface area (Å²) in [6.45, 7) is 1.95. The summed E-state index contributed by atoms with van der Waals surface area (Å²) in [4.78, 5) is 41.1. The van der Waals surface area contributed by atoms with Crippen molar-refractivity contribution in [3.05, 3.63) is 55.4 Å². The van der Waals surface area contributed by atoms with Crippen LogP contribution in [0.2, 0.25) is 0 Å². The van der Waals surface area contributed by atoms with Crippen molar-refractivity contribution in [2.75, 3.05) is 5.32 Å². The van der Waals surface area contributed by atoms with Gasteiger partial charge >= 0.3 is 5.69 Å². The van der Waals surface area contributed by atoms with Gasteiger partial charge in [0.25, 0.3) is 5.56 Å². The fraction of sp³-hybridized carbons (Fsp3) is 0.294. The van der Waals surface area contributed by atoms with Crippen LogP contribution in [-0.2, 0) is 31.9 Å². The van der Waals surface area contributed by atoms with Gasteiger partial charge in [0, 0.05) is 19.8 Å². The summed E-state index contributed by atoms with van der Waals surface area (Å²) in [5.74, 6) is -0.286. The second-order valence-corrected chi connectivity index (χ2v) is 6.66. The summed E-state index contributed by atoms with van der Waals surface area (Å²) in [6, 6.07) is 7.58. The Kier molecular flexibility index (Phi) is 4.82. The number of aryl methyl sites for hydroxylation is 2. The van der Waals surface area contributed by atoms with Gasteiger partial charge in [-0.25, -0.2) is 9.78 Å². The molecular weight excluding hydrogens is 402 g/mol. The lowest BCUT2D eigenvalue weighted by atomic mass is 10.1. The first-order valence-electron chi connectivity index (χ1n) is 8.04. The molecule has 0 aliphatic carbocycles. The Morgan fingerprint density at radius 3 is 2.65 bits per heavy atom. The van der Waals surface area contributed by atoms with Gasteiger partial charge in [-0.15, -0.1) is 0 Å². The average molecular weight is 420 g/mol. The standard InChI is InChI=1S/C17H18BrN5O3/c1-4-10-6-5-7-11(8-10)19-12(24)9-23-14-13(20-16(23)18)15(25)22(3)17(26)21(14)2/h5-8H,4,9H2,1-3H3,(H,19,24). The molecule has 0 saturated carbocycles. The van der Waals surface area contributed by atoms with Crippen LogP contribution in [-0.4, -0.2) is 24.6 Å². The molecular formula is C17H18BrN5O3. The minimum Gasteiger partial charge on any atom is -0.325 e. The van der Waals surface area contributed by atoms with Crippen LogP contribution >= 0.6 is 15.9 Å². The average Bonchev–Trinajstić information content (AvgIpc) is 2.94. The number of aromatic nitrogens is 4. The Balaban J connectivity index is 1.98. The van der Waals surface area contributed by atoms with E-state index >= 15 is 0 Å². The van der Waals surface area contributed by atoms with E-state index in [1.807, 2.05) is 31.2 Å². The molecule has 26 heavy (non-hydrogen) atoms. The molecule has 0 atom stereocenters. The van der Waals surface area contributed by atoms with Gasteiger partial charge < -0.3 is 5.32 Å². The molecule has 3 aromatic rings. The number of carbonyl (C=O) groups excluding carboxylic acids is 1. The van der Waals surface area contributed by atoms with Gasteiger partial charge in [-0.05, 0) is 40.0 Å². The molecule has 0 bridgehead atoms. The van der Waals surface area contributed by atoms with Crippen LogP contribution in [0.1, 0.15) is 12.5 Å². The summed E-state index contributed by atoms with van der Waals surface area (Å²) in [5.41, 5.74) is 1.25. The minimum absolute atomic E-state index is 0.0894. The van der Waals surface area contributed by atoms with Crippen LogP contribution in [0.15, 0.2) is 38.6 Å². The number of benzene rings is 1. The summed E-state index contributed by atoms with van der Waals surface area (Å²) in [7, 11) is 2.93. The first-order valence-corrected chi connectivity index (χ1v) is 8.83. The number of rotatable bonds is 4. The van der Waals surface area contributed by atoms with Crippen LogP contribution in [0.3, 0.4) is 0 Å². The molecule has 0 spiro atoms. The number of fused-ring (bicyclic) bond motifs is 1. The fourth-order valence-electron chi connectivity index (χ4n) is 2.82. The Bertz CT molecular complexity index is 1130. The van der Waals surface area contributed by atoms with Gasteiger partial charge in [0.05, 0.1) is 0 Å². The maximum atomic E-state index is 12.5. The van der Waals surface area contributed by atoms with Gasteiger partial charge in [-0.2, -0.15) is 0 Å². The van der Waals surface area contributed by atoms with Crippen molar-refractivity contribution < 1.29 is 4.79 Å². The number of nitrogens with zero attached hydrogens (tertiary/aromatic N) is 4. The van der Waals surface area contributed by atoms with Crippen LogP contribution in [0.25, 0.3) is 11.2 Å². The Labute approximate surface area is 157 Å². The van der Waals surface area contributed by atoms with Gasteiger partial charge in [-0.1, -0.05) is 19.1 Å². The molecule has 0 aliphatic heterocycles. The van der Waals surface area contributed by atoms with Crippen LogP contribution in [0.4, 0.5) is 5.69 Å². The number of nitrogens with one attached hydrogen (secondary N) is 1. The van der Waals surface area contributed by atoms with Crippen molar-refractivity contribution in [3.63, 3.8) is 0 Å². The monoisotopic (exact) mass is 419 g/mol. The largest absolute Gasteiger partial charge is 0.332 e. The van der Waals surface area contributed by atoms with E-state index in [2.05, 4.69) is 26.2 Å². The van der Waals surface area contributed by atoms with E-state index in [0.717, 1.165) is 16.6 Å². The van der Waals surface area contributed by atoms with E-state index in [-0.39, 0.29) is 18.0 Å². The zero-order valence-corrected chi connectivity index (χ0v) is 16.2. The van der Waals surface area contributed by atoms with E-state index < -0.39 is 11.2 Å². The molecule has 1 amide bonds. The Morgan fingerprint density at radius 2 is 1.96 bits per heavy atom. The van der Waals surface area contributed by atoms with Crippen molar-refractivity contribution in [2.24, 2.45) is 14.1 Å². The van der Waals surface area contributed by atoms with Crippen molar-refractivity contribution in [3.8, 4) is 0 Å². The number of amides is 1. The molecule has 0 unspecified atom stereocenters. The predicted molar refractivity (Wildman–Crippen MR) is 102 cm³/mol. The number of hydrogen-bond acceptors (Lipinski definition) is 4. The van der Waals surface area contributed by atoms with Crippen LogP contribution in [0.5, 0.6) is 0 Å². The van der Waals surface area contributed by atoms with Gasteiger partial charge in [0.2, 0.25) is 5.91 Å².